The molecule has 1 saturated heterocycles. The second-order valence-corrected chi connectivity index (χ2v) is 4.45. The predicted octanol–water partition coefficient (Wildman–Crippen LogP) is 0.959. The molecule has 1 fully saturated rings. The second-order valence-electron chi connectivity index (χ2n) is 4.45. The van der Waals surface area contributed by atoms with E-state index >= 15 is 0 Å². The number of aliphatic hydroxyl groups is 1. The molecule has 0 radical (unpaired) electrons. The number of hydrogen-bond donors (Lipinski definition) is 2. The average Bonchev–Trinajstić information content (AvgIpc) is 2.18. The van der Waals surface area contributed by atoms with E-state index in [0.29, 0.717) is 6.04 Å². The van der Waals surface area contributed by atoms with Crippen molar-refractivity contribution in [2.45, 2.75) is 57.7 Å². The van der Waals surface area contributed by atoms with Crippen molar-refractivity contribution >= 4 is 0 Å². The van der Waals surface area contributed by atoms with E-state index in [9.17, 15) is 5.11 Å². The highest BCUT2D eigenvalue weighted by molar-refractivity contribution is 4.83. The van der Waals surface area contributed by atoms with Gasteiger partial charge in [0.25, 0.3) is 0 Å². The second kappa shape index (κ2) is 5.69. The van der Waals surface area contributed by atoms with Crippen LogP contribution in [0.4, 0.5) is 0 Å². The summed E-state index contributed by atoms with van der Waals surface area (Å²) in [7, 11) is 0. The van der Waals surface area contributed by atoms with Crippen molar-refractivity contribution in [1.82, 2.24) is 4.90 Å². The molecule has 0 aromatic rings. The smallest absolute Gasteiger partial charge is 0.0664 e. The summed E-state index contributed by atoms with van der Waals surface area (Å²) in [5.74, 6) is 0. The van der Waals surface area contributed by atoms with Crippen LogP contribution in [0.3, 0.4) is 0 Å². The van der Waals surface area contributed by atoms with Gasteiger partial charge >= 0.3 is 0 Å². The highest BCUT2D eigenvalue weighted by atomic mass is 16.3. The van der Waals surface area contributed by atoms with E-state index in [2.05, 4.69) is 11.8 Å². The van der Waals surface area contributed by atoms with Crippen LogP contribution < -0.4 is 5.73 Å². The Labute approximate surface area is 87.3 Å². The number of aliphatic hydroxyl groups excluding tert-OH is 1. The van der Waals surface area contributed by atoms with Gasteiger partial charge in [-0.3, -0.25) is 4.90 Å². The molecule has 1 rings (SSSR count). The lowest BCUT2D eigenvalue weighted by Gasteiger charge is -2.41. The Kier molecular flexibility index (Phi) is 4.85. The number of piperidine rings is 1. The van der Waals surface area contributed by atoms with E-state index in [1.807, 2.05) is 6.92 Å². The first-order chi connectivity index (χ1) is 6.66. The maximum Gasteiger partial charge on any atom is 0.0664 e. The Morgan fingerprint density at radius 1 is 1.43 bits per heavy atom. The highest BCUT2D eigenvalue weighted by Crippen LogP contribution is 2.22. The van der Waals surface area contributed by atoms with Crippen LogP contribution in [0, 0.1) is 0 Å². The Bertz CT molecular complexity index is 159. The van der Waals surface area contributed by atoms with E-state index in [1.54, 1.807) is 0 Å². The lowest BCUT2D eigenvalue weighted by molar-refractivity contribution is 0.0230. The molecule has 0 aliphatic carbocycles. The summed E-state index contributed by atoms with van der Waals surface area (Å²) in [4.78, 5) is 2.43. The molecule has 1 heterocycles. The summed E-state index contributed by atoms with van der Waals surface area (Å²) in [6.45, 7) is 5.86. The van der Waals surface area contributed by atoms with Crippen LogP contribution >= 0.6 is 0 Å². The third-order valence-corrected chi connectivity index (χ3v) is 3.39. The van der Waals surface area contributed by atoms with Gasteiger partial charge in [-0.1, -0.05) is 6.42 Å². The van der Waals surface area contributed by atoms with Crippen molar-refractivity contribution in [1.29, 1.82) is 0 Å². The molecule has 0 aromatic heterocycles. The van der Waals surface area contributed by atoms with Gasteiger partial charge in [-0.05, 0) is 46.2 Å². The number of hydrogen-bond acceptors (Lipinski definition) is 3. The number of rotatable bonds is 4. The Morgan fingerprint density at radius 3 is 2.71 bits per heavy atom. The Balaban J connectivity index is 2.52. The van der Waals surface area contributed by atoms with Crippen LogP contribution in [0.5, 0.6) is 0 Å². The Morgan fingerprint density at radius 2 is 2.14 bits per heavy atom. The maximum atomic E-state index is 9.59. The molecule has 1 aliphatic rings. The highest BCUT2D eigenvalue weighted by Gasteiger charge is 2.27. The van der Waals surface area contributed by atoms with Crippen LogP contribution in [-0.4, -0.2) is 41.3 Å². The third kappa shape index (κ3) is 2.94. The monoisotopic (exact) mass is 200 g/mol. The lowest BCUT2D eigenvalue weighted by Crippen LogP contribution is -2.49. The fourth-order valence-electron chi connectivity index (χ4n) is 2.34. The number of nitrogens with two attached hydrogens (primary N) is 1. The largest absolute Gasteiger partial charge is 0.392 e. The summed E-state index contributed by atoms with van der Waals surface area (Å²) in [5.41, 5.74) is 5.61. The first-order valence-corrected chi connectivity index (χ1v) is 5.80. The van der Waals surface area contributed by atoms with Gasteiger partial charge < -0.3 is 10.8 Å². The zero-order chi connectivity index (χ0) is 10.6. The molecule has 3 unspecified atom stereocenters. The molecule has 3 heteroatoms. The summed E-state index contributed by atoms with van der Waals surface area (Å²) < 4.78 is 0. The molecule has 3 nitrogen and oxygen atoms in total. The minimum Gasteiger partial charge on any atom is -0.392 e. The topological polar surface area (TPSA) is 49.5 Å². The van der Waals surface area contributed by atoms with Crippen molar-refractivity contribution < 1.29 is 5.11 Å². The van der Waals surface area contributed by atoms with Crippen LogP contribution in [0.15, 0.2) is 0 Å². The van der Waals surface area contributed by atoms with Gasteiger partial charge in [0.1, 0.15) is 0 Å². The fourth-order valence-corrected chi connectivity index (χ4v) is 2.34. The van der Waals surface area contributed by atoms with Crippen LogP contribution in [0.25, 0.3) is 0 Å². The SMILES string of the molecule is CC(O)C(C)N1CCCCC1CCN. The molecule has 0 aromatic carbocycles. The molecule has 3 atom stereocenters. The van der Waals surface area contributed by atoms with Crippen molar-refractivity contribution in [2.24, 2.45) is 5.73 Å². The van der Waals surface area contributed by atoms with Crippen molar-refractivity contribution in [3.05, 3.63) is 0 Å². The third-order valence-electron chi connectivity index (χ3n) is 3.39. The fraction of sp³-hybridized carbons (Fsp3) is 1.00. The van der Waals surface area contributed by atoms with Gasteiger partial charge in [0, 0.05) is 12.1 Å². The average molecular weight is 200 g/mol. The molecular formula is C11H24N2O. The van der Waals surface area contributed by atoms with Crippen molar-refractivity contribution in [3.8, 4) is 0 Å². The molecule has 14 heavy (non-hydrogen) atoms. The molecule has 0 bridgehead atoms. The molecule has 1 aliphatic heterocycles. The van der Waals surface area contributed by atoms with Crippen LogP contribution in [0.1, 0.15) is 39.5 Å². The van der Waals surface area contributed by atoms with Gasteiger partial charge in [0.05, 0.1) is 6.10 Å². The summed E-state index contributed by atoms with van der Waals surface area (Å²) in [5, 5.41) is 9.59. The summed E-state index contributed by atoms with van der Waals surface area (Å²) in [6.07, 6.45) is 4.64. The zero-order valence-corrected chi connectivity index (χ0v) is 9.45. The van der Waals surface area contributed by atoms with E-state index in [-0.39, 0.29) is 12.1 Å². The first-order valence-electron chi connectivity index (χ1n) is 5.80. The Hall–Kier alpha value is -0.120. The van der Waals surface area contributed by atoms with Crippen molar-refractivity contribution in [3.63, 3.8) is 0 Å². The quantitative estimate of drug-likeness (QED) is 0.710. The van der Waals surface area contributed by atoms with Crippen molar-refractivity contribution in [2.75, 3.05) is 13.1 Å². The van der Waals surface area contributed by atoms with Crippen LogP contribution in [0.2, 0.25) is 0 Å². The molecule has 3 N–H and O–H groups in total. The van der Waals surface area contributed by atoms with Gasteiger partial charge in [-0.25, -0.2) is 0 Å². The minimum absolute atomic E-state index is 0.242. The van der Waals surface area contributed by atoms with E-state index in [1.165, 1.54) is 19.3 Å². The molecule has 0 amide bonds. The lowest BCUT2D eigenvalue weighted by atomic mass is 9.96. The number of likely N-dealkylation sites (tertiary alicyclic amines) is 1. The van der Waals surface area contributed by atoms with E-state index < -0.39 is 0 Å². The number of nitrogens with zero attached hydrogens (tertiary/aromatic N) is 1. The maximum absolute atomic E-state index is 9.59. The standard InChI is InChI=1S/C11H24N2O/c1-9(10(2)14)13-8-4-3-5-11(13)6-7-12/h9-11,14H,3-8,12H2,1-2H3. The van der Waals surface area contributed by atoms with Crippen LogP contribution in [-0.2, 0) is 0 Å². The van der Waals surface area contributed by atoms with E-state index in [0.717, 1.165) is 19.5 Å². The normalized spacial score (nSPS) is 28.7. The van der Waals surface area contributed by atoms with Gasteiger partial charge in [0.15, 0.2) is 0 Å². The summed E-state index contributed by atoms with van der Waals surface area (Å²) >= 11 is 0. The van der Waals surface area contributed by atoms with Gasteiger partial charge in [-0.15, -0.1) is 0 Å². The zero-order valence-electron chi connectivity index (χ0n) is 9.45. The summed E-state index contributed by atoms with van der Waals surface area (Å²) in [6, 6.07) is 0.866. The van der Waals surface area contributed by atoms with E-state index in [4.69, 9.17) is 5.73 Å². The van der Waals surface area contributed by atoms with Gasteiger partial charge in [-0.2, -0.15) is 0 Å². The van der Waals surface area contributed by atoms with Gasteiger partial charge in [0.2, 0.25) is 0 Å². The molecule has 0 saturated carbocycles. The predicted molar refractivity (Wildman–Crippen MR) is 59.2 cm³/mol. The molecule has 84 valence electrons. The molecular weight excluding hydrogens is 176 g/mol. The minimum atomic E-state index is -0.242. The molecule has 0 spiro atoms. The first kappa shape index (κ1) is 12.0.